The zero-order chi connectivity index (χ0) is 22.0. The van der Waals surface area contributed by atoms with Crippen LogP contribution in [0.2, 0.25) is 0 Å². The number of oxazole rings is 1. The van der Waals surface area contributed by atoms with E-state index in [1.54, 1.807) is 24.4 Å². The maximum Gasteiger partial charge on any atom is 0.296 e. The third kappa shape index (κ3) is 4.57. The number of hydrogen-bond donors (Lipinski definition) is 1. The molecule has 9 heteroatoms. The molecule has 0 spiro atoms. The van der Waals surface area contributed by atoms with Gasteiger partial charge in [-0.1, -0.05) is 18.2 Å². The molecule has 2 heterocycles. The fraction of sp³-hybridized carbons (Fsp3) is 0.182. The highest BCUT2D eigenvalue weighted by Crippen LogP contribution is 2.27. The van der Waals surface area contributed by atoms with Gasteiger partial charge in [0.1, 0.15) is 11.3 Å². The van der Waals surface area contributed by atoms with Gasteiger partial charge in [0.2, 0.25) is 10.0 Å². The normalized spacial score (nSPS) is 12.9. The summed E-state index contributed by atoms with van der Waals surface area (Å²) in [5.74, 6) is -0.298. The number of anilines is 1. The van der Waals surface area contributed by atoms with Crippen LogP contribution in [0.4, 0.5) is 10.4 Å². The third-order valence-electron chi connectivity index (χ3n) is 4.83. The Labute approximate surface area is 179 Å². The van der Waals surface area contributed by atoms with Crippen LogP contribution in [0, 0.1) is 5.82 Å². The van der Waals surface area contributed by atoms with E-state index in [1.165, 1.54) is 38.4 Å². The van der Waals surface area contributed by atoms with Gasteiger partial charge in [0, 0.05) is 20.3 Å². The Morgan fingerprint density at radius 2 is 1.87 bits per heavy atom. The average molecular weight is 441 g/mol. The Morgan fingerprint density at radius 3 is 2.55 bits per heavy atom. The molecule has 1 unspecified atom stereocenters. The van der Waals surface area contributed by atoms with Crippen LogP contribution in [-0.2, 0) is 16.4 Å². The van der Waals surface area contributed by atoms with E-state index in [9.17, 15) is 12.8 Å². The molecule has 4 rings (SSSR count). The molecule has 31 heavy (non-hydrogen) atoms. The number of rotatable bonds is 7. The van der Waals surface area contributed by atoms with Gasteiger partial charge < -0.3 is 9.73 Å². The topological polar surface area (TPSA) is 88.3 Å². The highest BCUT2D eigenvalue weighted by atomic mass is 32.2. The van der Waals surface area contributed by atoms with Crippen LogP contribution < -0.4 is 5.32 Å². The quantitative estimate of drug-likeness (QED) is 0.467. The number of fused-ring (bicyclic) bond motifs is 1. The largest absolute Gasteiger partial charge is 0.424 e. The number of benzene rings is 2. The lowest BCUT2D eigenvalue weighted by molar-refractivity contribution is 0.521. The fourth-order valence-corrected chi connectivity index (χ4v) is 4.08. The number of aromatic nitrogens is 2. The Kier molecular flexibility index (Phi) is 5.71. The van der Waals surface area contributed by atoms with Crippen molar-refractivity contribution in [3.05, 3.63) is 83.9 Å². The van der Waals surface area contributed by atoms with Gasteiger partial charge in [-0.2, -0.15) is 4.98 Å². The predicted molar refractivity (Wildman–Crippen MR) is 116 cm³/mol. The molecule has 0 fully saturated rings. The number of nitrogens with zero attached hydrogens (tertiary/aromatic N) is 3. The number of pyridine rings is 1. The molecule has 4 aromatic rings. The molecular formula is C22H21FN4O3S. The second-order valence-corrected chi connectivity index (χ2v) is 9.37. The van der Waals surface area contributed by atoms with Crippen LogP contribution in [0.15, 0.2) is 76.2 Å². The van der Waals surface area contributed by atoms with E-state index >= 15 is 0 Å². The molecular weight excluding hydrogens is 419 g/mol. The number of nitrogens with one attached hydrogen (secondary N) is 1. The zero-order valence-electron chi connectivity index (χ0n) is 17.0. The van der Waals surface area contributed by atoms with Crippen LogP contribution in [-0.4, -0.2) is 36.8 Å². The van der Waals surface area contributed by atoms with Gasteiger partial charge in [-0.15, -0.1) is 0 Å². The molecule has 1 N–H and O–H groups in total. The highest BCUT2D eigenvalue weighted by Gasteiger charge is 2.20. The summed E-state index contributed by atoms with van der Waals surface area (Å²) in [4.78, 5) is 8.97. The maximum absolute atomic E-state index is 13.3. The van der Waals surface area contributed by atoms with Gasteiger partial charge in [0.05, 0.1) is 16.6 Å². The molecule has 0 aliphatic rings. The Morgan fingerprint density at radius 1 is 1.10 bits per heavy atom. The second-order valence-electron chi connectivity index (χ2n) is 7.22. The Bertz CT molecular complexity index is 1290. The molecule has 0 aliphatic heterocycles. The minimum absolute atomic E-state index is 0.137. The van der Waals surface area contributed by atoms with E-state index in [0.29, 0.717) is 17.5 Å². The zero-order valence-corrected chi connectivity index (χ0v) is 17.8. The van der Waals surface area contributed by atoms with E-state index in [2.05, 4.69) is 15.3 Å². The summed E-state index contributed by atoms with van der Waals surface area (Å²) in [5, 5.41) is 3.23. The van der Waals surface area contributed by atoms with E-state index in [4.69, 9.17) is 4.42 Å². The van der Waals surface area contributed by atoms with E-state index in [-0.39, 0.29) is 22.8 Å². The summed E-state index contributed by atoms with van der Waals surface area (Å²) in [7, 11) is -0.630. The number of sulfonamides is 1. The summed E-state index contributed by atoms with van der Waals surface area (Å²) < 4.78 is 45.0. The fourth-order valence-electron chi connectivity index (χ4n) is 3.16. The lowest BCUT2D eigenvalue weighted by Crippen LogP contribution is -2.22. The first-order valence-electron chi connectivity index (χ1n) is 9.58. The third-order valence-corrected chi connectivity index (χ3v) is 6.64. The number of halogens is 1. The van der Waals surface area contributed by atoms with Crippen molar-refractivity contribution in [2.24, 2.45) is 0 Å². The van der Waals surface area contributed by atoms with Gasteiger partial charge in [-0.25, -0.2) is 17.1 Å². The van der Waals surface area contributed by atoms with Crippen molar-refractivity contribution in [2.75, 3.05) is 19.4 Å². The Hall–Kier alpha value is -3.30. The monoisotopic (exact) mass is 440 g/mol. The van der Waals surface area contributed by atoms with E-state index in [1.807, 2.05) is 18.2 Å². The van der Waals surface area contributed by atoms with Crippen molar-refractivity contribution in [1.82, 2.24) is 14.3 Å². The van der Waals surface area contributed by atoms with Crippen LogP contribution in [0.1, 0.15) is 17.3 Å². The van der Waals surface area contributed by atoms with Crippen molar-refractivity contribution < 1.29 is 17.2 Å². The van der Waals surface area contributed by atoms with Crippen molar-refractivity contribution in [2.45, 2.75) is 17.4 Å². The molecule has 0 saturated heterocycles. The lowest BCUT2D eigenvalue weighted by atomic mass is 10.0. The van der Waals surface area contributed by atoms with E-state index < -0.39 is 10.0 Å². The van der Waals surface area contributed by atoms with E-state index in [0.717, 1.165) is 15.6 Å². The summed E-state index contributed by atoms with van der Waals surface area (Å²) >= 11 is 0. The summed E-state index contributed by atoms with van der Waals surface area (Å²) in [6.45, 7) is 0. The first-order chi connectivity index (χ1) is 14.8. The lowest BCUT2D eigenvalue weighted by Gasteiger charge is -2.17. The van der Waals surface area contributed by atoms with Gasteiger partial charge in [-0.3, -0.25) is 4.98 Å². The van der Waals surface area contributed by atoms with Crippen molar-refractivity contribution in [3.63, 3.8) is 0 Å². The molecule has 2 aromatic heterocycles. The number of hydrogen-bond acceptors (Lipinski definition) is 6. The molecule has 160 valence electrons. The van der Waals surface area contributed by atoms with Crippen molar-refractivity contribution in [1.29, 1.82) is 0 Å². The molecule has 0 saturated carbocycles. The first kappa shape index (κ1) is 21.0. The van der Waals surface area contributed by atoms with Gasteiger partial charge >= 0.3 is 0 Å². The maximum atomic E-state index is 13.3. The summed E-state index contributed by atoms with van der Waals surface area (Å²) in [5.41, 5.74) is 2.57. The van der Waals surface area contributed by atoms with Crippen molar-refractivity contribution in [3.8, 4) is 0 Å². The molecule has 0 radical (unpaired) electrons. The highest BCUT2D eigenvalue weighted by molar-refractivity contribution is 7.89. The smallest absolute Gasteiger partial charge is 0.296 e. The minimum atomic E-state index is -3.58. The molecule has 0 bridgehead atoms. The van der Waals surface area contributed by atoms with Crippen LogP contribution in [0.5, 0.6) is 0 Å². The molecule has 0 aliphatic carbocycles. The van der Waals surface area contributed by atoms with Crippen LogP contribution in [0.3, 0.4) is 0 Å². The molecule has 2 aromatic carbocycles. The van der Waals surface area contributed by atoms with Crippen LogP contribution >= 0.6 is 0 Å². The SMILES string of the molecule is CN(C)S(=O)(=O)c1ccc2oc(NC(Cc3ccc(F)cc3)c3ccccn3)nc2c1. The molecule has 0 amide bonds. The minimum Gasteiger partial charge on any atom is -0.424 e. The predicted octanol–water partition coefficient (Wildman–Crippen LogP) is 4.01. The summed E-state index contributed by atoms with van der Waals surface area (Å²) in [6.07, 6.45) is 2.22. The van der Waals surface area contributed by atoms with Gasteiger partial charge in [-0.05, 0) is 54.4 Å². The molecule has 7 nitrogen and oxygen atoms in total. The van der Waals surface area contributed by atoms with Crippen molar-refractivity contribution >= 4 is 27.1 Å². The second kappa shape index (κ2) is 8.44. The summed E-state index contributed by atoms with van der Waals surface area (Å²) in [6, 6.07) is 16.4. The standard InChI is InChI=1S/C22H21FN4O3S/c1-27(2)31(28,29)17-10-11-21-20(14-17)26-22(30-21)25-19(18-5-3-4-12-24-18)13-15-6-8-16(23)9-7-15/h3-12,14,19H,13H2,1-2H3,(H,25,26). The first-order valence-corrected chi connectivity index (χ1v) is 11.0. The van der Waals surface area contributed by atoms with Crippen LogP contribution in [0.25, 0.3) is 11.1 Å². The van der Waals surface area contributed by atoms with Gasteiger partial charge in [0.15, 0.2) is 5.58 Å². The average Bonchev–Trinajstić information content (AvgIpc) is 3.17. The Balaban J connectivity index is 1.65. The van der Waals surface area contributed by atoms with Gasteiger partial charge in [0.25, 0.3) is 6.01 Å². The molecule has 1 atom stereocenters.